The van der Waals surface area contributed by atoms with Gasteiger partial charge in [0.15, 0.2) is 0 Å². The Morgan fingerprint density at radius 2 is 1.80 bits per heavy atom. The van der Waals surface area contributed by atoms with Gasteiger partial charge in [-0.25, -0.2) is 0 Å². The standard InChI is InChI=1S/C9H19N/c1-5-9(4)8-10(6-2)7-3/h9H,2-3,5-8H2,1,4H3. The van der Waals surface area contributed by atoms with Crippen LogP contribution in [-0.4, -0.2) is 24.5 Å². The number of nitrogens with zero attached hydrogens (tertiary/aromatic N) is 1. The molecule has 1 atom stereocenters. The predicted octanol–water partition coefficient (Wildman–Crippen LogP) is 2.00. The summed E-state index contributed by atoms with van der Waals surface area (Å²) in [5.74, 6) is 0.781. The number of rotatable bonds is 5. The molecule has 0 fully saturated rings. The highest BCUT2D eigenvalue weighted by Crippen LogP contribution is 2.02. The van der Waals surface area contributed by atoms with Crippen molar-refractivity contribution >= 4 is 0 Å². The van der Waals surface area contributed by atoms with Crippen LogP contribution in [0.3, 0.4) is 0 Å². The van der Waals surface area contributed by atoms with Gasteiger partial charge < -0.3 is 4.90 Å². The van der Waals surface area contributed by atoms with Crippen LogP contribution in [0.1, 0.15) is 20.3 Å². The Balaban J connectivity index is 3.41. The van der Waals surface area contributed by atoms with E-state index in [1.54, 1.807) is 0 Å². The summed E-state index contributed by atoms with van der Waals surface area (Å²) in [5.41, 5.74) is 0. The largest absolute Gasteiger partial charge is 0.303 e. The van der Waals surface area contributed by atoms with Gasteiger partial charge in [0.2, 0.25) is 0 Å². The van der Waals surface area contributed by atoms with E-state index in [0.717, 1.165) is 25.6 Å². The first-order valence-corrected chi connectivity index (χ1v) is 4.05. The van der Waals surface area contributed by atoms with Crippen LogP contribution in [0.2, 0.25) is 0 Å². The zero-order valence-corrected chi connectivity index (χ0v) is 7.27. The minimum atomic E-state index is 0.781. The molecule has 2 radical (unpaired) electrons. The Kier molecular flexibility index (Phi) is 5.70. The van der Waals surface area contributed by atoms with Crippen LogP contribution in [0, 0.1) is 19.8 Å². The second-order valence-electron chi connectivity index (χ2n) is 2.81. The van der Waals surface area contributed by atoms with Crippen molar-refractivity contribution in [3.8, 4) is 0 Å². The van der Waals surface area contributed by atoms with E-state index in [0.29, 0.717) is 0 Å². The molecule has 0 spiro atoms. The molecule has 0 aliphatic heterocycles. The zero-order valence-electron chi connectivity index (χ0n) is 7.27. The zero-order chi connectivity index (χ0) is 7.98. The van der Waals surface area contributed by atoms with E-state index in [9.17, 15) is 0 Å². The van der Waals surface area contributed by atoms with Gasteiger partial charge in [0.25, 0.3) is 0 Å². The molecule has 1 unspecified atom stereocenters. The molecule has 0 rings (SSSR count). The van der Waals surface area contributed by atoms with E-state index in [4.69, 9.17) is 0 Å². The normalized spacial score (nSPS) is 14.1. The lowest BCUT2D eigenvalue weighted by atomic mass is 10.1. The highest BCUT2D eigenvalue weighted by molar-refractivity contribution is 4.63. The van der Waals surface area contributed by atoms with E-state index in [-0.39, 0.29) is 0 Å². The van der Waals surface area contributed by atoms with Crippen LogP contribution >= 0.6 is 0 Å². The lowest BCUT2D eigenvalue weighted by Gasteiger charge is -2.21. The van der Waals surface area contributed by atoms with Crippen LogP contribution in [0.25, 0.3) is 0 Å². The lowest BCUT2D eigenvalue weighted by molar-refractivity contribution is 0.279. The average Bonchev–Trinajstić information content (AvgIpc) is 1.99. The third-order valence-electron chi connectivity index (χ3n) is 1.90. The Morgan fingerprint density at radius 1 is 1.30 bits per heavy atom. The molecule has 0 heterocycles. The summed E-state index contributed by atoms with van der Waals surface area (Å²) >= 11 is 0. The summed E-state index contributed by atoms with van der Waals surface area (Å²) < 4.78 is 0. The van der Waals surface area contributed by atoms with Crippen LogP contribution < -0.4 is 0 Å². The molecule has 0 aromatic heterocycles. The van der Waals surface area contributed by atoms with Gasteiger partial charge in [0.1, 0.15) is 0 Å². The van der Waals surface area contributed by atoms with E-state index in [1.807, 2.05) is 0 Å². The maximum absolute atomic E-state index is 3.83. The monoisotopic (exact) mass is 141 g/mol. The molecule has 0 aromatic carbocycles. The number of hydrogen-bond donors (Lipinski definition) is 0. The highest BCUT2D eigenvalue weighted by Gasteiger charge is 2.03. The lowest BCUT2D eigenvalue weighted by Crippen LogP contribution is -2.28. The molecule has 0 bridgehead atoms. The third kappa shape index (κ3) is 3.89. The van der Waals surface area contributed by atoms with Crippen molar-refractivity contribution in [3.63, 3.8) is 0 Å². The van der Waals surface area contributed by atoms with Crippen molar-refractivity contribution in [1.29, 1.82) is 0 Å². The fourth-order valence-corrected chi connectivity index (χ4v) is 0.864. The van der Waals surface area contributed by atoms with Gasteiger partial charge in [-0.2, -0.15) is 0 Å². The van der Waals surface area contributed by atoms with Crippen molar-refractivity contribution < 1.29 is 0 Å². The second-order valence-corrected chi connectivity index (χ2v) is 2.81. The van der Waals surface area contributed by atoms with Gasteiger partial charge in [0, 0.05) is 6.54 Å². The fraction of sp³-hybridized carbons (Fsp3) is 0.778. The molecule has 0 saturated heterocycles. The minimum absolute atomic E-state index is 0.781. The smallest absolute Gasteiger partial charge is 0.000692 e. The number of hydrogen-bond acceptors (Lipinski definition) is 1. The maximum Gasteiger partial charge on any atom is 0.000692 e. The average molecular weight is 141 g/mol. The maximum atomic E-state index is 3.83. The van der Waals surface area contributed by atoms with Crippen LogP contribution in [0.15, 0.2) is 0 Å². The van der Waals surface area contributed by atoms with Crippen molar-refractivity contribution in [2.45, 2.75) is 20.3 Å². The van der Waals surface area contributed by atoms with E-state index >= 15 is 0 Å². The Hall–Kier alpha value is -0.0400. The van der Waals surface area contributed by atoms with E-state index < -0.39 is 0 Å². The van der Waals surface area contributed by atoms with Crippen LogP contribution in [-0.2, 0) is 0 Å². The van der Waals surface area contributed by atoms with Crippen LogP contribution in [0.4, 0.5) is 0 Å². The first kappa shape index (κ1) is 9.96. The summed E-state index contributed by atoms with van der Waals surface area (Å²) in [5, 5.41) is 0. The summed E-state index contributed by atoms with van der Waals surface area (Å²) in [6, 6.07) is 0. The Labute approximate surface area is 65.4 Å². The molecule has 0 aliphatic rings. The quantitative estimate of drug-likeness (QED) is 0.566. The first-order valence-electron chi connectivity index (χ1n) is 4.05. The van der Waals surface area contributed by atoms with Crippen molar-refractivity contribution in [1.82, 2.24) is 4.90 Å². The van der Waals surface area contributed by atoms with Crippen molar-refractivity contribution in [3.05, 3.63) is 13.8 Å². The molecular weight excluding hydrogens is 122 g/mol. The highest BCUT2D eigenvalue weighted by atomic mass is 15.1. The fourth-order valence-electron chi connectivity index (χ4n) is 0.864. The van der Waals surface area contributed by atoms with Gasteiger partial charge in [-0.1, -0.05) is 20.3 Å². The molecule has 0 saturated carbocycles. The molecule has 0 amide bonds. The van der Waals surface area contributed by atoms with Gasteiger partial charge in [-0.15, -0.1) is 0 Å². The molecule has 0 aromatic rings. The van der Waals surface area contributed by atoms with Crippen LogP contribution in [0.5, 0.6) is 0 Å². The molecule has 60 valence electrons. The third-order valence-corrected chi connectivity index (χ3v) is 1.90. The second kappa shape index (κ2) is 5.72. The summed E-state index contributed by atoms with van der Waals surface area (Å²) in [6.07, 6.45) is 1.25. The minimum Gasteiger partial charge on any atom is -0.303 e. The Morgan fingerprint density at radius 3 is 2.10 bits per heavy atom. The van der Waals surface area contributed by atoms with E-state index in [2.05, 4.69) is 32.6 Å². The van der Waals surface area contributed by atoms with Gasteiger partial charge >= 0.3 is 0 Å². The molecule has 1 heteroatoms. The molecule has 10 heavy (non-hydrogen) atoms. The molecule has 0 N–H and O–H groups in total. The van der Waals surface area contributed by atoms with Crippen molar-refractivity contribution in [2.75, 3.05) is 19.6 Å². The first-order chi connectivity index (χ1) is 4.74. The summed E-state index contributed by atoms with van der Waals surface area (Å²) in [7, 11) is 0. The van der Waals surface area contributed by atoms with Gasteiger partial charge in [0.05, 0.1) is 0 Å². The Bertz CT molecular complexity index is 67.1. The summed E-state index contributed by atoms with van der Waals surface area (Å²) in [4.78, 5) is 2.26. The van der Waals surface area contributed by atoms with Gasteiger partial charge in [-0.05, 0) is 32.9 Å². The molecule has 1 nitrogen and oxygen atoms in total. The molecular formula is C9H19N. The van der Waals surface area contributed by atoms with Crippen molar-refractivity contribution in [2.24, 2.45) is 5.92 Å². The SMILES string of the molecule is [CH2]CN(C[CH2])CC(C)CC. The summed E-state index contributed by atoms with van der Waals surface area (Å²) in [6.45, 7) is 15.0. The van der Waals surface area contributed by atoms with Gasteiger partial charge in [-0.3, -0.25) is 0 Å². The molecule has 0 aliphatic carbocycles. The van der Waals surface area contributed by atoms with E-state index in [1.165, 1.54) is 6.42 Å². The topological polar surface area (TPSA) is 3.24 Å². The predicted molar refractivity (Wildman–Crippen MR) is 46.6 cm³/mol.